The van der Waals surface area contributed by atoms with Crippen LogP contribution >= 0.6 is 11.6 Å². The number of hydrogen-bond donors (Lipinski definition) is 1. The van der Waals surface area contributed by atoms with E-state index in [0.717, 1.165) is 5.56 Å². The molecule has 0 heterocycles. The lowest BCUT2D eigenvalue weighted by atomic mass is 10.2. The van der Waals surface area contributed by atoms with E-state index in [1.165, 1.54) is 18.2 Å². The summed E-state index contributed by atoms with van der Waals surface area (Å²) < 4.78 is 5.32. The number of rotatable bonds is 5. The van der Waals surface area contributed by atoms with E-state index >= 15 is 0 Å². The van der Waals surface area contributed by atoms with Crippen LogP contribution in [0.2, 0.25) is 5.02 Å². The number of aryl methyl sites for hydroxylation is 1. The van der Waals surface area contributed by atoms with Crippen LogP contribution in [0, 0.1) is 17.0 Å². The van der Waals surface area contributed by atoms with Crippen molar-refractivity contribution in [1.29, 1.82) is 0 Å². The fraction of sp³-hybridized carbons (Fsp3) is 0.133. The van der Waals surface area contributed by atoms with Crippen molar-refractivity contribution in [3.63, 3.8) is 0 Å². The lowest BCUT2D eigenvalue weighted by Crippen LogP contribution is -2.20. The van der Waals surface area contributed by atoms with Gasteiger partial charge < -0.3 is 10.1 Å². The van der Waals surface area contributed by atoms with Gasteiger partial charge in [0, 0.05) is 11.8 Å². The van der Waals surface area contributed by atoms with Crippen LogP contribution in [0.5, 0.6) is 5.75 Å². The normalized spacial score (nSPS) is 10.1. The zero-order chi connectivity index (χ0) is 16.1. The van der Waals surface area contributed by atoms with Crippen LogP contribution in [0.4, 0.5) is 11.4 Å². The summed E-state index contributed by atoms with van der Waals surface area (Å²) in [6, 6.07) is 11.3. The van der Waals surface area contributed by atoms with Crippen molar-refractivity contribution in [2.45, 2.75) is 6.92 Å². The molecule has 0 radical (unpaired) electrons. The number of carbonyl (C=O) groups excluding carboxylic acids is 1. The minimum atomic E-state index is -0.610. The first-order valence-corrected chi connectivity index (χ1v) is 6.77. The lowest BCUT2D eigenvalue weighted by molar-refractivity contribution is -0.384. The van der Waals surface area contributed by atoms with Crippen molar-refractivity contribution in [2.75, 3.05) is 11.9 Å². The SMILES string of the molecule is Cc1ccc(OCC(=O)Nc2ccc(Cl)c([N+](=O)[O-])c2)cc1. The van der Waals surface area contributed by atoms with Gasteiger partial charge in [0.05, 0.1) is 4.92 Å². The average molecular weight is 321 g/mol. The molecule has 0 fully saturated rings. The van der Waals surface area contributed by atoms with Crippen molar-refractivity contribution < 1.29 is 14.5 Å². The summed E-state index contributed by atoms with van der Waals surface area (Å²) in [5, 5.41) is 13.3. The maximum Gasteiger partial charge on any atom is 0.289 e. The summed E-state index contributed by atoms with van der Waals surface area (Å²) in [6.45, 7) is 1.75. The second-order valence-electron chi connectivity index (χ2n) is 4.57. The molecule has 1 amide bonds. The average Bonchev–Trinajstić information content (AvgIpc) is 2.48. The van der Waals surface area contributed by atoms with Gasteiger partial charge in [-0.3, -0.25) is 14.9 Å². The minimum absolute atomic E-state index is 0.0129. The van der Waals surface area contributed by atoms with E-state index in [0.29, 0.717) is 5.75 Å². The van der Waals surface area contributed by atoms with Crippen molar-refractivity contribution in [2.24, 2.45) is 0 Å². The Hall–Kier alpha value is -2.60. The highest BCUT2D eigenvalue weighted by Crippen LogP contribution is 2.27. The summed E-state index contributed by atoms with van der Waals surface area (Å²) in [5.74, 6) is 0.153. The van der Waals surface area contributed by atoms with Crippen LogP contribution in [0.3, 0.4) is 0 Å². The quantitative estimate of drug-likeness (QED) is 0.674. The molecule has 0 saturated heterocycles. The number of halogens is 1. The Morgan fingerprint density at radius 3 is 2.59 bits per heavy atom. The number of hydrogen-bond acceptors (Lipinski definition) is 4. The van der Waals surface area contributed by atoms with E-state index in [9.17, 15) is 14.9 Å². The maximum absolute atomic E-state index is 11.8. The first kappa shape index (κ1) is 15.8. The number of nitrogens with zero attached hydrogens (tertiary/aromatic N) is 1. The topological polar surface area (TPSA) is 81.5 Å². The summed E-state index contributed by atoms with van der Waals surface area (Å²) >= 11 is 5.70. The van der Waals surface area contributed by atoms with Gasteiger partial charge in [-0.1, -0.05) is 29.3 Å². The predicted octanol–water partition coefficient (Wildman–Crippen LogP) is 3.57. The molecule has 0 spiro atoms. The smallest absolute Gasteiger partial charge is 0.289 e. The molecule has 2 aromatic rings. The largest absolute Gasteiger partial charge is 0.484 e. The molecular formula is C15H13ClN2O4. The Kier molecular flexibility index (Phi) is 4.95. The van der Waals surface area contributed by atoms with E-state index in [4.69, 9.17) is 16.3 Å². The molecule has 0 aliphatic heterocycles. The molecule has 6 nitrogen and oxygen atoms in total. The Balaban J connectivity index is 1.96. The van der Waals surface area contributed by atoms with Gasteiger partial charge in [-0.25, -0.2) is 0 Å². The Morgan fingerprint density at radius 1 is 1.27 bits per heavy atom. The number of ether oxygens (including phenoxy) is 1. The Morgan fingerprint density at radius 2 is 1.95 bits per heavy atom. The van der Waals surface area contributed by atoms with E-state index in [1.54, 1.807) is 12.1 Å². The number of amides is 1. The van der Waals surface area contributed by atoms with Crippen molar-refractivity contribution in [1.82, 2.24) is 0 Å². The van der Waals surface area contributed by atoms with Gasteiger partial charge in [0.2, 0.25) is 0 Å². The van der Waals surface area contributed by atoms with E-state index in [2.05, 4.69) is 5.32 Å². The highest BCUT2D eigenvalue weighted by molar-refractivity contribution is 6.32. The number of nitrogens with one attached hydrogen (secondary N) is 1. The van der Waals surface area contributed by atoms with E-state index in [1.807, 2.05) is 19.1 Å². The number of anilines is 1. The van der Waals surface area contributed by atoms with Crippen LogP contribution in [0.1, 0.15) is 5.56 Å². The van der Waals surface area contributed by atoms with Crippen LogP contribution < -0.4 is 10.1 Å². The zero-order valence-corrected chi connectivity index (χ0v) is 12.5. The van der Waals surface area contributed by atoms with Crippen LogP contribution in [0.15, 0.2) is 42.5 Å². The molecule has 0 unspecified atom stereocenters. The highest BCUT2D eigenvalue weighted by Gasteiger charge is 2.14. The molecule has 0 aliphatic carbocycles. The van der Waals surface area contributed by atoms with E-state index in [-0.39, 0.29) is 23.0 Å². The molecule has 0 saturated carbocycles. The molecule has 7 heteroatoms. The van der Waals surface area contributed by atoms with Crippen molar-refractivity contribution >= 4 is 28.9 Å². The molecule has 0 bridgehead atoms. The highest BCUT2D eigenvalue weighted by atomic mass is 35.5. The van der Waals surface area contributed by atoms with Crippen molar-refractivity contribution in [3.8, 4) is 5.75 Å². The third-order valence-corrected chi connectivity index (χ3v) is 3.14. The lowest BCUT2D eigenvalue weighted by Gasteiger charge is -2.08. The standard InChI is InChI=1S/C15H13ClN2O4/c1-10-2-5-12(6-3-10)22-9-15(19)17-11-4-7-13(16)14(8-11)18(20)21/h2-8H,9H2,1H3,(H,17,19). The predicted molar refractivity (Wildman–Crippen MR) is 83.4 cm³/mol. The van der Waals surface area contributed by atoms with Gasteiger partial charge in [-0.2, -0.15) is 0 Å². The fourth-order valence-electron chi connectivity index (χ4n) is 1.71. The third-order valence-electron chi connectivity index (χ3n) is 2.82. The Labute approximate surface area is 131 Å². The number of nitro groups is 1. The molecular weight excluding hydrogens is 308 g/mol. The monoisotopic (exact) mass is 320 g/mol. The van der Waals surface area contributed by atoms with Gasteiger partial charge in [0.1, 0.15) is 10.8 Å². The van der Waals surface area contributed by atoms with Gasteiger partial charge in [0.25, 0.3) is 11.6 Å². The molecule has 0 aliphatic rings. The zero-order valence-electron chi connectivity index (χ0n) is 11.7. The van der Waals surface area contributed by atoms with Gasteiger partial charge in [-0.15, -0.1) is 0 Å². The van der Waals surface area contributed by atoms with Crippen LogP contribution in [-0.2, 0) is 4.79 Å². The van der Waals surface area contributed by atoms with Gasteiger partial charge in [-0.05, 0) is 31.2 Å². The third kappa shape index (κ3) is 4.20. The van der Waals surface area contributed by atoms with Gasteiger partial charge in [0.15, 0.2) is 6.61 Å². The molecule has 0 aromatic heterocycles. The number of carbonyl (C=O) groups is 1. The summed E-state index contributed by atoms with van der Waals surface area (Å²) in [7, 11) is 0. The minimum Gasteiger partial charge on any atom is -0.484 e. The first-order valence-electron chi connectivity index (χ1n) is 6.39. The van der Waals surface area contributed by atoms with Crippen molar-refractivity contribution in [3.05, 3.63) is 63.2 Å². The van der Waals surface area contributed by atoms with Gasteiger partial charge >= 0.3 is 0 Å². The molecule has 2 rings (SSSR count). The first-order chi connectivity index (χ1) is 10.5. The molecule has 0 atom stereocenters. The van der Waals surface area contributed by atoms with Crippen LogP contribution in [-0.4, -0.2) is 17.4 Å². The fourth-order valence-corrected chi connectivity index (χ4v) is 1.90. The second-order valence-corrected chi connectivity index (χ2v) is 4.98. The van der Waals surface area contributed by atoms with Crippen LogP contribution in [0.25, 0.3) is 0 Å². The Bertz CT molecular complexity index is 701. The maximum atomic E-state index is 11.8. The molecule has 2 aromatic carbocycles. The number of nitro benzene ring substituents is 1. The van der Waals surface area contributed by atoms with E-state index < -0.39 is 10.8 Å². The molecule has 114 valence electrons. The summed E-state index contributed by atoms with van der Waals surface area (Å²) in [4.78, 5) is 22.0. The summed E-state index contributed by atoms with van der Waals surface area (Å²) in [6.07, 6.45) is 0. The summed E-state index contributed by atoms with van der Waals surface area (Å²) in [5.41, 5.74) is 1.11. The molecule has 1 N–H and O–H groups in total. The second kappa shape index (κ2) is 6.91. The molecule has 22 heavy (non-hydrogen) atoms. The number of benzene rings is 2.